The number of hydrogen-bond donors (Lipinski definition) is 0. The second kappa shape index (κ2) is 6.79. The lowest BCUT2D eigenvalue weighted by atomic mass is 9.95. The smallest absolute Gasteiger partial charge is 0.211 e. The molecule has 0 spiro atoms. The fraction of sp³-hybridized carbons (Fsp3) is 0.500. The van der Waals surface area contributed by atoms with Crippen molar-refractivity contribution < 1.29 is 8.42 Å². The van der Waals surface area contributed by atoms with Crippen LogP contribution in [0.3, 0.4) is 0 Å². The molecule has 25 heavy (non-hydrogen) atoms. The molecule has 0 radical (unpaired) electrons. The molecule has 3 aliphatic rings. The lowest BCUT2D eigenvalue weighted by Gasteiger charge is -2.35. The molecule has 1 aromatic heterocycles. The summed E-state index contributed by atoms with van der Waals surface area (Å²) in [5.41, 5.74) is 1.15. The van der Waals surface area contributed by atoms with Gasteiger partial charge in [-0.15, -0.1) is 11.3 Å². The van der Waals surface area contributed by atoms with Gasteiger partial charge in [-0.05, 0) is 18.8 Å². The Bertz CT molecular complexity index is 835. The third-order valence-electron chi connectivity index (χ3n) is 5.20. The number of hydrogen-bond acceptors (Lipinski definition) is 5. The van der Waals surface area contributed by atoms with E-state index in [2.05, 4.69) is 22.0 Å². The van der Waals surface area contributed by atoms with E-state index in [0.29, 0.717) is 25.0 Å². The number of piperidine rings is 1. The maximum Gasteiger partial charge on any atom is 0.211 e. The van der Waals surface area contributed by atoms with Crippen molar-refractivity contribution in [3.63, 3.8) is 0 Å². The van der Waals surface area contributed by atoms with Crippen LogP contribution in [-0.4, -0.2) is 54.5 Å². The zero-order valence-electron chi connectivity index (χ0n) is 14.3. The van der Waals surface area contributed by atoms with Gasteiger partial charge in [-0.25, -0.2) is 17.7 Å². The summed E-state index contributed by atoms with van der Waals surface area (Å²) in [5, 5.41) is 1.05. The first kappa shape index (κ1) is 17.1. The number of benzene rings is 1. The Kier molecular flexibility index (Phi) is 4.66. The highest BCUT2D eigenvalue weighted by atomic mass is 32.2. The van der Waals surface area contributed by atoms with Crippen molar-refractivity contribution in [2.45, 2.75) is 25.4 Å². The predicted octanol–water partition coefficient (Wildman–Crippen LogP) is 2.67. The summed E-state index contributed by atoms with van der Waals surface area (Å²) in [5.74, 6) is 0.440. The largest absolute Gasteiger partial charge is 0.294 e. The topological polar surface area (TPSA) is 53.5 Å². The highest BCUT2D eigenvalue weighted by molar-refractivity contribution is 7.88. The van der Waals surface area contributed by atoms with Crippen LogP contribution in [0.2, 0.25) is 0 Å². The van der Waals surface area contributed by atoms with Gasteiger partial charge in [-0.3, -0.25) is 4.90 Å². The van der Waals surface area contributed by atoms with E-state index in [0.717, 1.165) is 36.5 Å². The lowest BCUT2D eigenvalue weighted by molar-refractivity contribution is 0.126. The quantitative estimate of drug-likeness (QED) is 0.822. The summed E-state index contributed by atoms with van der Waals surface area (Å²) in [7, 11) is -3.11. The van der Waals surface area contributed by atoms with Gasteiger partial charge in [0.25, 0.3) is 0 Å². The molecular formula is C18H23N3O2S2. The molecule has 2 atom stereocenters. The summed E-state index contributed by atoms with van der Waals surface area (Å²) < 4.78 is 25.6. The average Bonchev–Trinajstić information content (AvgIpc) is 2.84. The molecule has 3 aliphatic heterocycles. The third-order valence-corrected chi connectivity index (χ3v) is 7.46. The number of aromatic nitrogens is 1. The molecule has 0 saturated carbocycles. The summed E-state index contributed by atoms with van der Waals surface area (Å²) in [4.78, 5) is 8.28. The zero-order chi connectivity index (χ0) is 17.4. The van der Waals surface area contributed by atoms with Crippen LogP contribution in [-0.2, 0) is 16.6 Å². The molecule has 4 heterocycles. The standard InChI is InChI=1S/C18H23N3O2S2/c1-25(22,23)21-11-14-7-8-16(12-21)20(10-14)13-17-9-19-18(24-17)15-5-3-2-4-6-15/h2-6,9,14,16H,7-8,10-13H2,1H3. The van der Waals surface area contributed by atoms with Crippen LogP contribution >= 0.6 is 11.3 Å². The molecule has 5 rings (SSSR count). The SMILES string of the molecule is CS(=O)(=O)N1CC2CCC(C1)N(Cc1cnc(-c3ccccc3)s1)C2. The molecule has 5 nitrogen and oxygen atoms in total. The Morgan fingerprint density at radius 3 is 2.72 bits per heavy atom. The Morgan fingerprint density at radius 2 is 1.96 bits per heavy atom. The highest BCUT2D eigenvalue weighted by Gasteiger charge is 2.37. The van der Waals surface area contributed by atoms with E-state index in [1.807, 2.05) is 24.4 Å². The summed E-state index contributed by atoms with van der Waals surface area (Å²) in [6.07, 6.45) is 5.52. The minimum atomic E-state index is -3.11. The number of sulfonamides is 1. The predicted molar refractivity (Wildman–Crippen MR) is 101 cm³/mol. The Labute approximate surface area is 153 Å². The highest BCUT2D eigenvalue weighted by Crippen LogP contribution is 2.32. The van der Waals surface area contributed by atoms with Crippen molar-refractivity contribution in [2.24, 2.45) is 5.92 Å². The Hall–Kier alpha value is -1.28. The summed E-state index contributed by atoms with van der Waals surface area (Å²) >= 11 is 1.74. The number of rotatable bonds is 4. The molecule has 0 aliphatic carbocycles. The average molecular weight is 378 g/mol. The second-order valence-electron chi connectivity index (χ2n) is 7.10. The molecule has 2 bridgehead atoms. The molecule has 2 unspecified atom stereocenters. The molecule has 3 fully saturated rings. The van der Waals surface area contributed by atoms with Crippen LogP contribution in [0.25, 0.3) is 10.6 Å². The van der Waals surface area contributed by atoms with Crippen molar-refractivity contribution in [2.75, 3.05) is 25.9 Å². The van der Waals surface area contributed by atoms with E-state index in [4.69, 9.17) is 0 Å². The van der Waals surface area contributed by atoms with E-state index in [-0.39, 0.29) is 0 Å². The maximum atomic E-state index is 12.0. The third kappa shape index (κ3) is 3.79. The van der Waals surface area contributed by atoms with Gasteiger partial charge >= 0.3 is 0 Å². The first-order chi connectivity index (χ1) is 12.0. The van der Waals surface area contributed by atoms with Crippen molar-refractivity contribution in [1.29, 1.82) is 0 Å². The molecule has 0 N–H and O–H groups in total. The van der Waals surface area contributed by atoms with Crippen LogP contribution in [0.1, 0.15) is 17.7 Å². The van der Waals surface area contributed by atoms with Crippen molar-refractivity contribution >= 4 is 21.4 Å². The molecular weight excluding hydrogens is 354 g/mol. The van der Waals surface area contributed by atoms with E-state index >= 15 is 0 Å². The van der Waals surface area contributed by atoms with E-state index in [1.54, 1.807) is 15.6 Å². The molecule has 0 amide bonds. The number of thiazole rings is 1. The Balaban J connectivity index is 1.49. The van der Waals surface area contributed by atoms with Crippen LogP contribution in [0.4, 0.5) is 0 Å². The Morgan fingerprint density at radius 1 is 1.16 bits per heavy atom. The molecule has 3 saturated heterocycles. The normalized spacial score (nSPS) is 25.2. The van der Waals surface area contributed by atoms with Gasteiger partial charge in [0.1, 0.15) is 5.01 Å². The second-order valence-corrected chi connectivity index (χ2v) is 10.2. The summed E-state index contributed by atoms with van der Waals surface area (Å²) in [6, 6.07) is 10.6. The zero-order valence-corrected chi connectivity index (χ0v) is 16.0. The lowest BCUT2D eigenvalue weighted by Crippen LogP contribution is -2.43. The van der Waals surface area contributed by atoms with Crippen LogP contribution in [0, 0.1) is 5.92 Å². The van der Waals surface area contributed by atoms with Crippen LogP contribution < -0.4 is 0 Å². The first-order valence-corrected chi connectivity index (χ1v) is 11.3. The maximum absolute atomic E-state index is 12.0. The van der Waals surface area contributed by atoms with Gasteiger partial charge < -0.3 is 0 Å². The van der Waals surface area contributed by atoms with Crippen molar-refractivity contribution in [3.8, 4) is 10.6 Å². The van der Waals surface area contributed by atoms with Crippen LogP contribution in [0.15, 0.2) is 36.5 Å². The van der Waals surface area contributed by atoms with Crippen molar-refractivity contribution in [1.82, 2.24) is 14.2 Å². The molecule has 7 heteroatoms. The van der Waals surface area contributed by atoms with E-state index < -0.39 is 10.0 Å². The molecule has 1 aromatic carbocycles. The first-order valence-electron chi connectivity index (χ1n) is 8.68. The minimum Gasteiger partial charge on any atom is -0.294 e. The van der Waals surface area contributed by atoms with Crippen molar-refractivity contribution in [3.05, 3.63) is 41.4 Å². The van der Waals surface area contributed by atoms with Gasteiger partial charge in [0.2, 0.25) is 10.0 Å². The minimum absolute atomic E-state index is 0.316. The van der Waals surface area contributed by atoms with Gasteiger partial charge in [-0.2, -0.15) is 0 Å². The number of fused-ring (bicyclic) bond motifs is 4. The fourth-order valence-corrected chi connectivity index (χ4v) is 5.76. The van der Waals surface area contributed by atoms with Crippen LogP contribution in [0.5, 0.6) is 0 Å². The van der Waals surface area contributed by atoms with E-state index in [9.17, 15) is 8.42 Å². The summed E-state index contributed by atoms with van der Waals surface area (Å²) in [6.45, 7) is 3.14. The monoisotopic (exact) mass is 377 g/mol. The van der Waals surface area contributed by atoms with Gasteiger partial charge in [0, 0.05) is 48.9 Å². The number of nitrogens with zero attached hydrogens (tertiary/aromatic N) is 3. The van der Waals surface area contributed by atoms with E-state index in [1.165, 1.54) is 11.1 Å². The van der Waals surface area contributed by atoms with Gasteiger partial charge in [0.15, 0.2) is 0 Å². The molecule has 2 aromatic rings. The van der Waals surface area contributed by atoms with Gasteiger partial charge in [-0.1, -0.05) is 30.3 Å². The molecule has 134 valence electrons. The fourth-order valence-electron chi connectivity index (χ4n) is 3.90. The van der Waals surface area contributed by atoms with Gasteiger partial charge in [0.05, 0.1) is 6.26 Å².